The van der Waals surface area contributed by atoms with Crippen LogP contribution in [0.5, 0.6) is 0 Å². The van der Waals surface area contributed by atoms with E-state index >= 15 is 0 Å². The predicted molar refractivity (Wildman–Crippen MR) is 74.1 cm³/mol. The van der Waals surface area contributed by atoms with Crippen LogP contribution in [0.2, 0.25) is 0 Å². The maximum atomic E-state index is 12.5. The molecule has 1 fully saturated rings. The van der Waals surface area contributed by atoms with Gasteiger partial charge in [-0.1, -0.05) is 20.3 Å². The van der Waals surface area contributed by atoms with Crippen LogP contribution in [0.15, 0.2) is 0 Å². The van der Waals surface area contributed by atoms with Crippen LogP contribution < -0.4 is 0 Å². The van der Waals surface area contributed by atoms with E-state index in [-0.39, 0.29) is 11.9 Å². The molecule has 0 saturated heterocycles. The zero-order chi connectivity index (χ0) is 13.8. The molecule has 2 rings (SSSR count). The number of rotatable bonds is 7. The Balaban J connectivity index is 2.07. The van der Waals surface area contributed by atoms with Gasteiger partial charge in [-0.25, -0.2) is 4.98 Å². The highest BCUT2D eigenvalue weighted by Gasteiger charge is 2.29. The Bertz CT molecular complexity index is 425. The minimum atomic E-state index is -0.0362. The van der Waals surface area contributed by atoms with Crippen LogP contribution in [0.25, 0.3) is 0 Å². The van der Waals surface area contributed by atoms with Crippen molar-refractivity contribution in [2.45, 2.75) is 64.8 Å². The highest BCUT2D eigenvalue weighted by atomic mass is 16.2. The van der Waals surface area contributed by atoms with Crippen molar-refractivity contribution in [1.29, 1.82) is 0 Å². The lowest BCUT2D eigenvalue weighted by Crippen LogP contribution is -2.39. The molecule has 0 bridgehead atoms. The normalized spacial score (nSPS) is 16.4. The Kier molecular flexibility index (Phi) is 4.56. The van der Waals surface area contributed by atoms with Crippen LogP contribution in [0.3, 0.4) is 0 Å². The number of carbonyl (C=O) groups excluding carboxylic acids is 1. The Morgan fingerprint density at radius 2 is 2.21 bits per heavy atom. The van der Waals surface area contributed by atoms with E-state index in [0.29, 0.717) is 11.7 Å². The molecule has 1 aromatic rings. The third-order valence-corrected chi connectivity index (χ3v) is 3.79. The number of aromatic nitrogens is 3. The maximum absolute atomic E-state index is 12.5. The second-order valence-corrected chi connectivity index (χ2v) is 5.43. The lowest BCUT2D eigenvalue weighted by atomic mass is 10.2. The number of hydrogen-bond acceptors (Lipinski definition) is 3. The maximum Gasteiger partial charge on any atom is 0.293 e. The fourth-order valence-electron chi connectivity index (χ4n) is 2.11. The minimum absolute atomic E-state index is 0.0362. The predicted octanol–water partition coefficient (Wildman–Crippen LogP) is 2.72. The molecular formula is C14H24N4O. The van der Waals surface area contributed by atoms with Crippen molar-refractivity contribution in [2.24, 2.45) is 0 Å². The third kappa shape index (κ3) is 3.33. The molecule has 1 N–H and O–H groups in total. The summed E-state index contributed by atoms with van der Waals surface area (Å²) in [5, 5.41) is 7.00. The van der Waals surface area contributed by atoms with Crippen LogP contribution in [-0.4, -0.2) is 38.6 Å². The van der Waals surface area contributed by atoms with Crippen molar-refractivity contribution in [3.05, 3.63) is 11.6 Å². The highest BCUT2D eigenvalue weighted by molar-refractivity contribution is 5.90. The summed E-state index contributed by atoms with van der Waals surface area (Å²) in [4.78, 5) is 18.8. The topological polar surface area (TPSA) is 61.9 Å². The van der Waals surface area contributed by atoms with E-state index in [1.165, 1.54) is 0 Å². The van der Waals surface area contributed by atoms with Crippen molar-refractivity contribution in [2.75, 3.05) is 6.54 Å². The van der Waals surface area contributed by atoms with Crippen molar-refractivity contribution < 1.29 is 4.79 Å². The number of amides is 1. The molecule has 1 saturated carbocycles. The summed E-state index contributed by atoms with van der Waals surface area (Å²) < 4.78 is 0. The minimum Gasteiger partial charge on any atom is -0.333 e. The first kappa shape index (κ1) is 14.0. The molecule has 19 heavy (non-hydrogen) atoms. The molecule has 0 aromatic carbocycles. The average Bonchev–Trinajstić information content (AvgIpc) is 3.16. The number of nitrogens with zero attached hydrogens (tertiary/aromatic N) is 3. The Hall–Kier alpha value is -1.39. The number of nitrogens with one attached hydrogen (secondary N) is 1. The summed E-state index contributed by atoms with van der Waals surface area (Å²) in [6.45, 7) is 7.11. The number of H-pyrrole nitrogens is 1. The quantitative estimate of drug-likeness (QED) is 0.823. The Labute approximate surface area is 114 Å². The van der Waals surface area contributed by atoms with Gasteiger partial charge >= 0.3 is 0 Å². The number of aromatic amines is 1. The fourth-order valence-corrected chi connectivity index (χ4v) is 2.11. The van der Waals surface area contributed by atoms with Gasteiger partial charge in [-0.05, 0) is 32.6 Å². The molecule has 1 amide bonds. The number of hydrogen-bond donors (Lipinski definition) is 1. The molecule has 106 valence electrons. The van der Waals surface area contributed by atoms with Gasteiger partial charge in [0.15, 0.2) is 0 Å². The van der Waals surface area contributed by atoms with Gasteiger partial charge in [0.05, 0.1) is 0 Å². The fraction of sp³-hybridized carbons (Fsp3) is 0.786. The summed E-state index contributed by atoms with van der Waals surface area (Å²) in [5.74, 6) is 1.67. The molecular weight excluding hydrogens is 240 g/mol. The van der Waals surface area contributed by atoms with E-state index in [9.17, 15) is 4.79 Å². The molecule has 1 aliphatic carbocycles. The van der Waals surface area contributed by atoms with Gasteiger partial charge in [0.25, 0.3) is 5.91 Å². The van der Waals surface area contributed by atoms with Crippen LogP contribution >= 0.6 is 0 Å². The van der Waals surface area contributed by atoms with Gasteiger partial charge in [0.1, 0.15) is 5.82 Å². The van der Waals surface area contributed by atoms with E-state index in [2.05, 4.69) is 36.0 Å². The first-order valence-corrected chi connectivity index (χ1v) is 7.40. The van der Waals surface area contributed by atoms with Gasteiger partial charge in [-0.15, -0.1) is 5.10 Å². The summed E-state index contributed by atoms with van der Waals surface area (Å²) in [6.07, 6.45) is 5.38. The molecule has 0 aliphatic heterocycles. The Morgan fingerprint density at radius 3 is 2.79 bits per heavy atom. The molecule has 5 nitrogen and oxygen atoms in total. The smallest absolute Gasteiger partial charge is 0.293 e. The molecule has 1 atom stereocenters. The lowest BCUT2D eigenvalue weighted by molar-refractivity contribution is 0.0673. The van der Waals surface area contributed by atoms with Crippen LogP contribution in [0.1, 0.15) is 75.2 Å². The lowest BCUT2D eigenvalue weighted by Gasteiger charge is -2.27. The van der Waals surface area contributed by atoms with E-state index in [1.54, 1.807) is 0 Å². The standard InChI is InChI=1S/C14H24N4O/c1-4-6-9-18(10(3)5-2)14(19)13-15-12(16-17-13)11-7-8-11/h10-11H,4-9H2,1-3H3,(H,15,16,17). The summed E-state index contributed by atoms with van der Waals surface area (Å²) in [6, 6.07) is 0.238. The van der Waals surface area contributed by atoms with E-state index in [0.717, 1.165) is 44.5 Å². The zero-order valence-corrected chi connectivity index (χ0v) is 12.1. The van der Waals surface area contributed by atoms with Crippen LogP contribution in [0.4, 0.5) is 0 Å². The molecule has 1 aromatic heterocycles. The first-order valence-electron chi connectivity index (χ1n) is 7.40. The molecule has 1 heterocycles. The van der Waals surface area contributed by atoms with Crippen LogP contribution in [0, 0.1) is 0 Å². The van der Waals surface area contributed by atoms with Gasteiger partial charge in [0.2, 0.25) is 5.82 Å². The second-order valence-electron chi connectivity index (χ2n) is 5.43. The largest absolute Gasteiger partial charge is 0.333 e. The number of unbranched alkanes of at least 4 members (excludes halogenated alkanes) is 1. The van der Waals surface area contributed by atoms with Gasteiger partial charge in [0, 0.05) is 18.5 Å². The van der Waals surface area contributed by atoms with Gasteiger partial charge in [-0.2, -0.15) is 0 Å². The summed E-state index contributed by atoms with van der Waals surface area (Å²) >= 11 is 0. The molecule has 1 aliphatic rings. The summed E-state index contributed by atoms with van der Waals surface area (Å²) in [7, 11) is 0. The van der Waals surface area contributed by atoms with Crippen molar-refractivity contribution >= 4 is 5.91 Å². The van der Waals surface area contributed by atoms with Crippen LogP contribution in [-0.2, 0) is 0 Å². The van der Waals surface area contributed by atoms with Crippen molar-refractivity contribution in [3.63, 3.8) is 0 Å². The summed E-state index contributed by atoms with van der Waals surface area (Å²) in [5.41, 5.74) is 0. The first-order chi connectivity index (χ1) is 9.17. The van der Waals surface area contributed by atoms with Gasteiger partial charge < -0.3 is 4.90 Å². The average molecular weight is 264 g/mol. The van der Waals surface area contributed by atoms with Crippen molar-refractivity contribution in [1.82, 2.24) is 20.1 Å². The van der Waals surface area contributed by atoms with E-state index in [1.807, 2.05) is 4.90 Å². The van der Waals surface area contributed by atoms with Crippen molar-refractivity contribution in [3.8, 4) is 0 Å². The monoisotopic (exact) mass is 264 g/mol. The third-order valence-electron chi connectivity index (χ3n) is 3.79. The van der Waals surface area contributed by atoms with E-state index in [4.69, 9.17) is 0 Å². The van der Waals surface area contributed by atoms with Gasteiger partial charge in [-0.3, -0.25) is 9.89 Å². The molecule has 5 heteroatoms. The van der Waals surface area contributed by atoms with E-state index < -0.39 is 0 Å². The number of carbonyl (C=O) groups is 1. The Morgan fingerprint density at radius 1 is 1.47 bits per heavy atom. The highest BCUT2D eigenvalue weighted by Crippen LogP contribution is 2.37. The molecule has 1 unspecified atom stereocenters. The molecule has 0 radical (unpaired) electrons. The second kappa shape index (κ2) is 6.17. The molecule has 0 spiro atoms. The SMILES string of the molecule is CCCCN(C(=O)c1n[nH]c(C2CC2)n1)C(C)CC. The zero-order valence-electron chi connectivity index (χ0n) is 12.1.